The second kappa shape index (κ2) is 7.03. The number of ether oxygens (including phenoxy) is 1. The number of hydrogen-bond donors (Lipinski definition) is 1. The second-order valence-corrected chi connectivity index (χ2v) is 5.50. The lowest BCUT2D eigenvalue weighted by molar-refractivity contribution is -0.0244. The van der Waals surface area contributed by atoms with Crippen LogP contribution in [0.5, 0.6) is 0 Å². The molecule has 19 heavy (non-hydrogen) atoms. The molecule has 0 atom stereocenters. The Morgan fingerprint density at radius 3 is 2.79 bits per heavy atom. The van der Waals surface area contributed by atoms with Crippen LogP contribution in [0.3, 0.4) is 0 Å². The minimum Gasteiger partial charge on any atom is -0.465 e. The number of carbonyl (C=O) groups is 1. The van der Waals surface area contributed by atoms with Crippen molar-refractivity contribution in [3.05, 3.63) is 33.8 Å². The normalized spacial score (nSPS) is 15.7. The van der Waals surface area contributed by atoms with Gasteiger partial charge in [-0.1, -0.05) is 34.8 Å². The minimum absolute atomic E-state index is 0.331. The van der Waals surface area contributed by atoms with Gasteiger partial charge in [0.1, 0.15) is 0 Å². The van der Waals surface area contributed by atoms with Gasteiger partial charge in [0, 0.05) is 11.0 Å². The van der Waals surface area contributed by atoms with Crippen molar-refractivity contribution in [1.29, 1.82) is 0 Å². The van der Waals surface area contributed by atoms with Crippen LogP contribution in [0, 0.1) is 0 Å². The van der Waals surface area contributed by atoms with Crippen LogP contribution in [0.4, 0.5) is 0 Å². The molecule has 0 heterocycles. The Morgan fingerprint density at radius 1 is 1.42 bits per heavy atom. The molecule has 2 rings (SSSR count). The summed E-state index contributed by atoms with van der Waals surface area (Å²) < 4.78 is 5.55. The SMILES string of the molecule is COC(=O)c1ccc(CNOC2CCCC2)c(Br)c1. The number of carbonyl (C=O) groups excluding carboxylic acids is 1. The lowest BCUT2D eigenvalue weighted by Gasteiger charge is -2.12. The molecule has 1 aromatic carbocycles. The van der Waals surface area contributed by atoms with Crippen molar-refractivity contribution in [2.75, 3.05) is 7.11 Å². The van der Waals surface area contributed by atoms with E-state index in [0.29, 0.717) is 18.2 Å². The summed E-state index contributed by atoms with van der Waals surface area (Å²) in [5.74, 6) is -0.331. The van der Waals surface area contributed by atoms with Gasteiger partial charge < -0.3 is 4.74 Å². The van der Waals surface area contributed by atoms with Gasteiger partial charge in [-0.15, -0.1) is 0 Å². The zero-order valence-corrected chi connectivity index (χ0v) is 12.5. The highest BCUT2D eigenvalue weighted by atomic mass is 79.9. The monoisotopic (exact) mass is 327 g/mol. The van der Waals surface area contributed by atoms with Gasteiger partial charge in [-0.3, -0.25) is 4.84 Å². The van der Waals surface area contributed by atoms with Crippen molar-refractivity contribution in [3.8, 4) is 0 Å². The van der Waals surface area contributed by atoms with E-state index < -0.39 is 0 Å². The third-order valence-electron chi connectivity index (χ3n) is 3.29. The van der Waals surface area contributed by atoms with E-state index in [1.807, 2.05) is 6.07 Å². The zero-order valence-electron chi connectivity index (χ0n) is 10.9. The predicted molar refractivity (Wildman–Crippen MR) is 75.7 cm³/mol. The lowest BCUT2D eigenvalue weighted by Crippen LogP contribution is -2.21. The Labute approximate surface area is 121 Å². The molecular formula is C14H18BrNO3. The summed E-state index contributed by atoms with van der Waals surface area (Å²) in [7, 11) is 1.38. The molecule has 1 fully saturated rings. The molecule has 0 aromatic heterocycles. The van der Waals surface area contributed by atoms with Crippen molar-refractivity contribution < 1.29 is 14.4 Å². The maximum Gasteiger partial charge on any atom is 0.337 e. The van der Waals surface area contributed by atoms with Crippen molar-refractivity contribution in [3.63, 3.8) is 0 Å². The number of halogens is 1. The molecule has 1 aromatic rings. The first kappa shape index (κ1) is 14.5. The molecule has 1 saturated carbocycles. The minimum atomic E-state index is -0.331. The zero-order chi connectivity index (χ0) is 13.7. The van der Waals surface area contributed by atoms with E-state index in [9.17, 15) is 4.79 Å². The molecule has 4 nitrogen and oxygen atoms in total. The van der Waals surface area contributed by atoms with E-state index in [-0.39, 0.29) is 5.97 Å². The first-order chi connectivity index (χ1) is 9.20. The van der Waals surface area contributed by atoms with Gasteiger partial charge in [0.05, 0.1) is 18.8 Å². The van der Waals surface area contributed by atoms with Gasteiger partial charge in [0.15, 0.2) is 0 Å². The van der Waals surface area contributed by atoms with Crippen LogP contribution in [0.2, 0.25) is 0 Å². The van der Waals surface area contributed by atoms with E-state index in [4.69, 9.17) is 4.84 Å². The van der Waals surface area contributed by atoms with Gasteiger partial charge in [0.2, 0.25) is 0 Å². The van der Waals surface area contributed by atoms with Crippen LogP contribution in [0.15, 0.2) is 22.7 Å². The van der Waals surface area contributed by atoms with Crippen LogP contribution in [0.25, 0.3) is 0 Å². The Balaban J connectivity index is 1.87. The van der Waals surface area contributed by atoms with Crippen molar-refractivity contribution >= 4 is 21.9 Å². The van der Waals surface area contributed by atoms with E-state index >= 15 is 0 Å². The van der Waals surface area contributed by atoms with E-state index in [2.05, 4.69) is 26.1 Å². The molecule has 0 amide bonds. The first-order valence-electron chi connectivity index (χ1n) is 6.46. The number of nitrogens with one attached hydrogen (secondary N) is 1. The molecule has 0 aliphatic heterocycles. The quantitative estimate of drug-likeness (QED) is 0.666. The van der Waals surface area contributed by atoms with Gasteiger partial charge in [-0.2, -0.15) is 5.48 Å². The van der Waals surface area contributed by atoms with E-state index in [0.717, 1.165) is 22.9 Å². The Hall–Kier alpha value is -0.910. The summed E-state index contributed by atoms with van der Waals surface area (Å²) in [5, 5.41) is 0. The number of hydroxylamine groups is 1. The molecule has 0 spiro atoms. The van der Waals surface area contributed by atoms with Crippen molar-refractivity contribution in [1.82, 2.24) is 5.48 Å². The van der Waals surface area contributed by atoms with Crippen LogP contribution in [-0.4, -0.2) is 19.2 Å². The summed E-state index contributed by atoms with van der Waals surface area (Å²) in [6.07, 6.45) is 5.12. The smallest absolute Gasteiger partial charge is 0.337 e. The second-order valence-electron chi connectivity index (χ2n) is 4.64. The summed E-state index contributed by atoms with van der Waals surface area (Å²) >= 11 is 3.46. The fourth-order valence-corrected chi connectivity index (χ4v) is 2.70. The first-order valence-corrected chi connectivity index (χ1v) is 7.25. The molecule has 0 bridgehead atoms. The van der Waals surface area contributed by atoms with Crippen LogP contribution >= 0.6 is 15.9 Å². The summed E-state index contributed by atoms with van der Waals surface area (Å²) in [4.78, 5) is 17.0. The van der Waals surface area contributed by atoms with Crippen molar-refractivity contribution in [2.24, 2.45) is 0 Å². The van der Waals surface area contributed by atoms with E-state index in [1.54, 1.807) is 12.1 Å². The van der Waals surface area contributed by atoms with Crippen LogP contribution < -0.4 is 5.48 Å². The Bertz CT molecular complexity index is 444. The Kier molecular flexibility index (Phi) is 5.36. The molecule has 5 heteroatoms. The van der Waals surface area contributed by atoms with Gasteiger partial charge >= 0.3 is 5.97 Å². The van der Waals surface area contributed by atoms with Crippen LogP contribution in [0.1, 0.15) is 41.6 Å². The highest BCUT2D eigenvalue weighted by Gasteiger charge is 2.15. The molecule has 0 saturated heterocycles. The number of benzene rings is 1. The predicted octanol–water partition coefficient (Wildman–Crippen LogP) is 3.20. The van der Waals surface area contributed by atoms with Gasteiger partial charge in [-0.25, -0.2) is 4.79 Å². The standard InChI is InChI=1S/C14H18BrNO3/c1-18-14(17)10-6-7-11(13(15)8-10)9-16-19-12-4-2-3-5-12/h6-8,12,16H,2-5,9H2,1H3. The molecule has 0 unspecified atom stereocenters. The number of rotatable bonds is 5. The average molecular weight is 328 g/mol. The number of esters is 1. The Morgan fingerprint density at radius 2 is 2.16 bits per heavy atom. The van der Waals surface area contributed by atoms with Gasteiger partial charge in [0.25, 0.3) is 0 Å². The largest absolute Gasteiger partial charge is 0.465 e. The molecule has 1 aliphatic carbocycles. The van der Waals surface area contributed by atoms with Crippen LogP contribution in [-0.2, 0) is 16.1 Å². The summed E-state index contributed by atoms with van der Waals surface area (Å²) in [6.45, 7) is 0.610. The molecule has 104 valence electrons. The van der Waals surface area contributed by atoms with Crippen molar-refractivity contribution in [2.45, 2.75) is 38.3 Å². The van der Waals surface area contributed by atoms with E-state index in [1.165, 1.54) is 20.0 Å². The summed E-state index contributed by atoms with van der Waals surface area (Å²) in [5.41, 5.74) is 4.58. The number of hydrogen-bond acceptors (Lipinski definition) is 4. The average Bonchev–Trinajstić information content (AvgIpc) is 2.93. The topological polar surface area (TPSA) is 47.6 Å². The molecule has 1 N–H and O–H groups in total. The lowest BCUT2D eigenvalue weighted by atomic mass is 10.1. The summed E-state index contributed by atoms with van der Waals surface area (Å²) in [6, 6.07) is 5.41. The fraction of sp³-hybridized carbons (Fsp3) is 0.500. The number of methoxy groups -OCH3 is 1. The molecule has 1 aliphatic rings. The maximum atomic E-state index is 11.4. The highest BCUT2D eigenvalue weighted by molar-refractivity contribution is 9.10. The third-order valence-corrected chi connectivity index (χ3v) is 4.03. The fourth-order valence-electron chi connectivity index (χ4n) is 2.18. The third kappa shape index (κ3) is 4.03. The maximum absolute atomic E-state index is 11.4. The molecular weight excluding hydrogens is 310 g/mol. The van der Waals surface area contributed by atoms with Gasteiger partial charge in [-0.05, 0) is 30.5 Å². The highest BCUT2D eigenvalue weighted by Crippen LogP contribution is 2.21. The molecule has 0 radical (unpaired) electrons.